The zero-order valence-corrected chi connectivity index (χ0v) is 18.4. The Morgan fingerprint density at radius 1 is 0.935 bits per heavy atom. The second-order valence-corrected chi connectivity index (χ2v) is 8.82. The molecule has 3 aromatic carbocycles. The van der Waals surface area contributed by atoms with Crippen LogP contribution in [-0.2, 0) is 16.4 Å². The Labute approximate surface area is 183 Å². The van der Waals surface area contributed by atoms with E-state index in [0.717, 1.165) is 29.7 Å². The van der Waals surface area contributed by atoms with E-state index in [0.29, 0.717) is 6.54 Å². The van der Waals surface area contributed by atoms with Crippen LogP contribution in [-0.4, -0.2) is 28.0 Å². The van der Waals surface area contributed by atoms with E-state index < -0.39 is 10.0 Å². The van der Waals surface area contributed by atoms with Gasteiger partial charge in [0.25, 0.3) is 15.9 Å². The molecule has 6 nitrogen and oxygen atoms in total. The first kappa shape index (κ1) is 22.4. The number of anilines is 1. The fraction of sp³-hybridized carbons (Fsp3) is 0.208. The second kappa shape index (κ2) is 10.1. The van der Waals surface area contributed by atoms with Gasteiger partial charge >= 0.3 is 0 Å². The molecule has 0 radical (unpaired) electrons. The fourth-order valence-corrected chi connectivity index (χ4v) is 4.26. The van der Waals surface area contributed by atoms with Gasteiger partial charge in [0.2, 0.25) is 0 Å². The molecule has 0 aliphatic heterocycles. The minimum atomic E-state index is -3.80. The molecule has 3 rings (SSSR count). The van der Waals surface area contributed by atoms with Crippen molar-refractivity contribution < 1.29 is 17.9 Å². The van der Waals surface area contributed by atoms with Gasteiger partial charge in [-0.3, -0.25) is 9.52 Å². The number of sulfonamides is 1. The van der Waals surface area contributed by atoms with Crippen LogP contribution in [0, 0.1) is 6.92 Å². The lowest BCUT2D eigenvalue weighted by atomic mass is 10.1. The number of rotatable bonds is 9. The molecule has 0 spiro atoms. The van der Waals surface area contributed by atoms with E-state index in [1.165, 1.54) is 12.1 Å². The molecule has 0 fully saturated rings. The van der Waals surface area contributed by atoms with Crippen molar-refractivity contribution >= 4 is 21.6 Å². The maximum atomic E-state index is 12.7. The molecule has 0 heterocycles. The average Bonchev–Trinajstić information content (AvgIpc) is 2.77. The molecule has 0 atom stereocenters. The molecule has 0 aliphatic carbocycles. The highest BCUT2D eigenvalue weighted by molar-refractivity contribution is 7.92. The van der Waals surface area contributed by atoms with Gasteiger partial charge < -0.3 is 10.1 Å². The van der Waals surface area contributed by atoms with Crippen LogP contribution >= 0.6 is 0 Å². The van der Waals surface area contributed by atoms with Crippen molar-refractivity contribution in [1.82, 2.24) is 5.32 Å². The van der Waals surface area contributed by atoms with Crippen molar-refractivity contribution in [1.29, 1.82) is 0 Å². The number of ether oxygens (including phenoxy) is 1. The number of para-hydroxylation sites is 2. The fourth-order valence-electron chi connectivity index (χ4n) is 3.18. The molecule has 0 saturated heterocycles. The molecular formula is C24H26N2O4S. The molecule has 7 heteroatoms. The molecule has 1 amide bonds. The largest absolute Gasteiger partial charge is 0.496 e. The van der Waals surface area contributed by atoms with E-state index in [1.54, 1.807) is 43.5 Å². The van der Waals surface area contributed by atoms with Crippen LogP contribution in [0.3, 0.4) is 0 Å². The maximum Gasteiger partial charge on any atom is 0.261 e. The summed E-state index contributed by atoms with van der Waals surface area (Å²) in [5, 5.41) is 2.87. The Balaban J connectivity index is 1.64. The maximum absolute atomic E-state index is 12.7. The van der Waals surface area contributed by atoms with Gasteiger partial charge in [0.1, 0.15) is 5.75 Å². The number of benzene rings is 3. The minimum absolute atomic E-state index is 0.144. The van der Waals surface area contributed by atoms with E-state index in [2.05, 4.69) is 10.0 Å². The predicted octanol–water partition coefficient (Wildman–Crippen LogP) is 4.17. The van der Waals surface area contributed by atoms with Crippen molar-refractivity contribution in [2.75, 3.05) is 18.4 Å². The number of nitrogens with one attached hydrogen (secondary N) is 2. The molecule has 0 aromatic heterocycles. The van der Waals surface area contributed by atoms with E-state index in [9.17, 15) is 13.2 Å². The van der Waals surface area contributed by atoms with Gasteiger partial charge in [-0.25, -0.2) is 8.42 Å². The summed E-state index contributed by atoms with van der Waals surface area (Å²) in [4.78, 5) is 12.8. The molecule has 0 bridgehead atoms. The normalized spacial score (nSPS) is 11.0. The first-order chi connectivity index (χ1) is 14.9. The van der Waals surface area contributed by atoms with Gasteiger partial charge in [0, 0.05) is 6.54 Å². The number of carbonyl (C=O) groups is 1. The molecular weight excluding hydrogens is 412 g/mol. The standard InChI is InChI=1S/C24H26N2O4S/c1-18-13-15-20(16-14-18)31(28,29)26-22-11-5-4-10-21(22)24(27)25-17-7-9-19-8-3-6-12-23(19)30-2/h3-6,8,10-16,26H,7,9,17H2,1-2H3,(H,25,27). The first-order valence-corrected chi connectivity index (χ1v) is 11.5. The quantitative estimate of drug-likeness (QED) is 0.491. The Hall–Kier alpha value is -3.32. The van der Waals surface area contributed by atoms with E-state index >= 15 is 0 Å². The smallest absolute Gasteiger partial charge is 0.261 e. The third-order valence-corrected chi connectivity index (χ3v) is 6.23. The molecule has 0 aliphatic rings. The Morgan fingerprint density at radius 2 is 1.61 bits per heavy atom. The van der Waals surface area contributed by atoms with Crippen molar-refractivity contribution in [2.24, 2.45) is 0 Å². The SMILES string of the molecule is COc1ccccc1CCCNC(=O)c1ccccc1NS(=O)(=O)c1ccc(C)cc1. The van der Waals surface area contributed by atoms with Crippen molar-refractivity contribution in [3.05, 3.63) is 89.5 Å². The number of hydrogen-bond acceptors (Lipinski definition) is 4. The number of methoxy groups -OCH3 is 1. The van der Waals surface area contributed by atoms with Gasteiger partial charge in [0.05, 0.1) is 23.3 Å². The van der Waals surface area contributed by atoms with E-state index in [1.807, 2.05) is 31.2 Å². The molecule has 31 heavy (non-hydrogen) atoms. The summed E-state index contributed by atoms with van der Waals surface area (Å²) in [7, 11) is -2.16. The summed E-state index contributed by atoms with van der Waals surface area (Å²) in [5.41, 5.74) is 2.55. The number of aryl methyl sites for hydroxylation is 2. The minimum Gasteiger partial charge on any atom is -0.496 e. The van der Waals surface area contributed by atoms with E-state index in [4.69, 9.17) is 4.74 Å². The van der Waals surface area contributed by atoms with Crippen molar-refractivity contribution in [3.8, 4) is 5.75 Å². The highest BCUT2D eigenvalue weighted by Crippen LogP contribution is 2.21. The summed E-state index contributed by atoms with van der Waals surface area (Å²) in [5.74, 6) is 0.493. The van der Waals surface area contributed by atoms with Gasteiger partial charge in [-0.2, -0.15) is 0 Å². The second-order valence-electron chi connectivity index (χ2n) is 7.14. The van der Waals surface area contributed by atoms with Crippen LogP contribution in [0.2, 0.25) is 0 Å². The van der Waals surface area contributed by atoms with Crippen LogP contribution in [0.5, 0.6) is 5.75 Å². The predicted molar refractivity (Wildman–Crippen MR) is 122 cm³/mol. The summed E-state index contributed by atoms with van der Waals surface area (Å²) in [6.45, 7) is 2.34. The lowest BCUT2D eigenvalue weighted by molar-refractivity contribution is 0.0954. The first-order valence-electron chi connectivity index (χ1n) is 9.99. The molecule has 0 saturated carbocycles. The number of carbonyl (C=O) groups excluding carboxylic acids is 1. The number of amides is 1. The van der Waals surface area contributed by atoms with Crippen LogP contribution in [0.15, 0.2) is 77.7 Å². The van der Waals surface area contributed by atoms with Crippen LogP contribution in [0.4, 0.5) is 5.69 Å². The summed E-state index contributed by atoms with van der Waals surface area (Å²) >= 11 is 0. The lowest BCUT2D eigenvalue weighted by Crippen LogP contribution is -2.26. The zero-order chi connectivity index (χ0) is 22.3. The Morgan fingerprint density at radius 3 is 2.35 bits per heavy atom. The molecule has 0 unspecified atom stereocenters. The molecule has 3 aromatic rings. The third kappa shape index (κ3) is 5.86. The lowest BCUT2D eigenvalue weighted by Gasteiger charge is -2.13. The van der Waals surface area contributed by atoms with Gasteiger partial charge in [0.15, 0.2) is 0 Å². The summed E-state index contributed by atoms with van der Waals surface area (Å²) < 4.78 is 33.3. The zero-order valence-electron chi connectivity index (χ0n) is 17.6. The third-order valence-electron chi connectivity index (χ3n) is 4.85. The Kier molecular flexibility index (Phi) is 7.31. The van der Waals surface area contributed by atoms with Crippen LogP contribution in [0.1, 0.15) is 27.9 Å². The summed E-state index contributed by atoms with van der Waals surface area (Å²) in [6.07, 6.45) is 1.48. The highest BCUT2D eigenvalue weighted by atomic mass is 32.2. The van der Waals surface area contributed by atoms with Gasteiger partial charge in [-0.15, -0.1) is 0 Å². The monoisotopic (exact) mass is 438 g/mol. The van der Waals surface area contributed by atoms with Gasteiger partial charge in [-0.05, 0) is 55.7 Å². The van der Waals surface area contributed by atoms with E-state index in [-0.39, 0.29) is 22.1 Å². The summed E-state index contributed by atoms with van der Waals surface area (Å²) in [6, 6.07) is 20.9. The van der Waals surface area contributed by atoms with Crippen LogP contribution < -0.4 is 14.8 Å². The van der Waals surface area contributed by atoms with Gasteiger partial charge in [-0.1, -0.05) is 48.0 Å². The molecule has 2 N–H and O–H groups in total. The molecule has 162 valence electrons. The highest BCUT2D eigenvalue weighted by Gasteiger charge is 2.18. The Bertz CT molecular complexity index is 1140. The van der Waals surface area contributed by atoms with Crippen LogP contribution in [0.25, 0.3) is 0 Å². The average molecular weight is 439 g/mol. The van der Waals surface area contributed by atoms with Crippen molar-refractivity contribution in [3.63, 3.8) is 0 Å². The van der Waals surface area contributed by atoms with Crippen molar-refractivity contribution in [2.45, 2.75) is 24.7 Å². The number of hydrogen-bond donors (Lipinski definition) is 2. The topological polar surface area (TPSA) is 84.5 Å².